The molecule has 2 nitrogen and oxygen atoms in total. The van der Waals surface area contributed by atoms with Crippen LogP contribution in [-0.4, -0.2) is 12.1 Å². The van der Waals surface area contributed by atoms with E-state index in [9.17, 15) is 4.79 Å². The Hall–Kier alpha value is -1.05. The fourth-order valence-corrected chi connectivity index (χ4v) is 1.25. The monoisotopic (exact) mass is 166 g/mol. The second kappa shape index (κ2) is 4.10. The Morgan fingerprint density at radius 2 is 2.33 bits per heavy atom. The number of hydrogen-bond acceptors (Lipinski definition) is 2. The Bertz CT molecular complexity index is 226. The van der Waals surface area contributed by atoms with Gasteiger partial charge in [-0.25, -0.2) is 0 Å². The Labute approximate surface area is 72.9 Å². The summed E-state index contributed by atoms with van der Waals surface area (Å²) in [6.45, 7) is 3.33. The summed E-state index contributed by atoms with van der Waals surface area (Å²) in [5.41, 5.74) is 1.11. The molecule has 0 saturated carbocycles. The molecule has 0 heterocycles. The van der Waals surface area contributed by atoms with E-state index in [1.807, 2.05) is 13.0 Å². The van der Waals surface area contributed by atoms with Crippen LogP contribution >= 0.6 is 0 Å². The van der Waals surface area contributed by atoms with Crippen molar-refractivity contribution in [3.05, 3.63) is 23.8 Å². The van der Waals surface area contributed by atoms with Gasteiger partial charge in [0.1, 0.15) is 6.10 Å². The largest absolute Gasteiger partial charge is 0.458 e. The van der Waals surface area contributed by atoms with Crippen LogP contribution < -0.4 is 0 Å². The Morgan fingerprint density at radius 1 is 1.58 bits per heavy atom. The first-order valence-corrected chi connectivity index (χ1v) is 4.24. The molecule has 0 N–H and O–H groups in total. The van der Waals surface area contributed by atoms with Gasteiger partial charge in [-0.15, -0.1) is 0 Å². The van der Waals surface area contributed by atoms with Crippen LogP contribution in [0.25, 0.3) is 0 Å². The predicted molar refractivity (Wildman–Crippen MR) is 47.7 cm³/mol. The number of hydrogen-bond donors (Lipinski definition) is 0. The standard InChI is InChI=1S/C10H14O2/c1-8(12-9(2)11)10-6-4-3-5-7-10/h4,6-8H,3,5H2,1-2H3. The van der Waals surface area contributed by atoms with E-state index in [0.717, 1.165) is 18.4 Å². The molecule has 0 saturated heterocycles. The second-order valence-electron chi connectivity index (χ2n) is 2.94. The van der Waals surface area contributed by atoms with Gasteiger partial charge in [-0.3, -0.25) is 4.79 Å². The molecule has 2 heteroatoms. The summed E-state index contributed by atoms with van der Waals surface area (Å²) in [4.78, 5) is 10.6. The molecule has 1 aliphatic carbocycles. The molecule has 0 aromatic heterocycles. The van der Waals surface area contributed by atoms with Crippen molar-refractivity contribution in [2.75, 3.05) is 0 Å². The minimum absolute atomic E-state index is 0.0981. The fraction of sp³-hybridized carbons (Fsp3) is 0.500. The molecule has 0 amide bonds. The molecular weight excluding hydrogens is 152 g/mol. The Morgan fingerprint density at radius 3 is 2.83 bits per heavy atom. The molecule has 0 spiro atoms. The van der Waals surface area contributed by atoms with Gasteiger partial charge in [0.25, 0.3) is 0 Å². The van der Waals surface area contributed by atoms with E-state index in [4.69, 9.17) is 4.74 Å². The maximum absolute atomic E-state index is 10.6. The minimum Gasteiger partial charge on any atom is -0.458 e. The summed E-state index contributed by atoms with van der Waals surface area (Å²) < 4.78 is 5.03. The third-order valence-corrected chi connectivity index (χ3v) is 1.84. The first kappa shape index (κ1) is 9.04. The SMILES string of the molecule is CC(=O)OC(C)C1=CCCC=C1. The van der Waals surface area contributed by atoms with E-state index >= 15 is 0 Å². The molecule has 1 atom stereocenters. The van der Waals surface area contributed by atoms with Crippen molar-refractivity contribution in [1.82, 2.24) is 0 Å². The molecule has 66 valence electrons. The van der Waals surface area contributed by atoms with E-state index in [1.165, 1.54) is 6.92 Å². The number of carbonyl (C=O) groups is 1. The third-order valence-electron chi connectivity index (χ3n) is 1.84. The van der Waals surface area contributed by atoms with E-state index < -0.39 is 0 Å². The number of esters is 1. The number of rotatable bonds is 2. The van der Waals surface area contributed by atoms with Crippen LogP contribution in [0.3, 0.4) is 0 Å². The zero-order valence-corrected chi connectivity index (χ0v) is 7.54. The maximum Gasteiger partial charge on any atom is 0.303 e. The predicted octanol–water partition coefficient (Wildman–Crippen LogP) is 2.21. The third kappa shape index (κ3) is 2.53. The van der Waals surface area contributed by atoms with Gasteiger partial charge < -0.3 is 4.74 Å². The normalized spacial score (nSPS) is 18.3. The smallest absolute Gasteiger partial charge is 0.303 e. The molecule has 0 fully saturated rings. The molecule has 0 radical (unpaired) electrons. The molecule has 0 aromatic rings. The molecule has 0 bridgehead atoms. The van der Waals surface area contributed by atoms with Gasteiger partial charge >= 0.3 is 5.97 Å². The van der Waals surface area contributed by atoms with E-state index in [0.29, 0.717) is 0 Å². The molecule has 1 rings (SSSR count). The van der Waals surface area contributed by atoms with Gasteiger partial charge in [-0.1, -0.05) is 18.2 Å². The summed E-state index contributed by atoms with van der Waals surface area (Å²) in [6, 6.07) is 0. The van der Waals surface area contributed by atoms with Crippen LogP contribution in [0.2, 0.25) is 0 Å². The van der Waals surface area contributed by atoms with Crippen molar-refractivity contribution in [3.8, 4) is 0 Å². The van der Waals surface area contributed by atoms with Crippen LogP contribution in [0, 0.1) is 0 Å². The fourth-order valence-electron chi connectivity index (χ4n) is 1.25. The van der Waals surface area contributed by atoms with Gasteiger partial charge in [0.05, 0.1) is 0 Å². The zero-order chi connectivity index (χ0) is 8.97. The number of carbonyl (C=O) groups excluding carboxylic acids is 1. The first-order chi connectivity index (χ1) is 5.70. The summed E-state index contributed by atoms with van der Waals surface area (Å²) >= 11 is 0. The highest BCUT2D eigenvalue weighted by molar-refractivity contribution is 5.66. The lowest BCUT2D eigenvalue weighted by Crippen LogP contribution is -2.14. The minimum atomic E-state index is -0.220. The van der Waals surface area contributed by atoms with Crippen molar-refractivity contribution >= 4 is 5.97 Å². The van der Waals surface area contributed by atoms with Gasteiger partial charge in [0, 0.05) is 6.92 Å². The highest BCUT2D eigenvalue weighted by Gasteiger charge is 2.09. The number of allylic oxidation sites excluding steroid dienone is 2. The molecule has 0 aromatic carbocycles. The van der Waals surface area contributed by atoms with Crippen molar-refractivity contribution < 1.29 is 9.53 Å². The summed E-state index contributed by atoms with van der Waals surface area (Å²) in [7, 11) is 0. The molecule has 1 unspecified atom stereocenters. The van der Waals surface area contributed by atoms with Gasteiger partial charge in [-0.2, -0.15) is 0 Å². The maximum atomic E-state index is 10.6. The van der Waals surface area contributed by atoms with Crippen molar-refractivity contribution in [2.45, 2.75) is 32.8 Å². The lowest BCUT2D eigenvalue weighted by molar-refractivity contribution is -0.143. The van der Waals surface area contributed by atoms with E-state index in [2.05, 4.69) is 12.2 Å². The van der Waals surface area contributed by atoms with Crippen LogP contribution in [0.5, 0.6) is 0 Å². The quantitative estimate of drug-likeness (QED) is 0.588. The Balaban J connectivity index is 2.51. The highest BCUT2D eigenvalue weighted by atomic mass is 16.5. The molecule has 1 aliphatic rings. The second-order valence-corrected chi connectivity index (χ2v) is 2.94. The van der Waals surface area contributed by atoms with Crippen molar-refractivity contribution in [3.63, 3.8) is 0 Å². The molecule has 12 heavy (non-hydrogen) atoms. The highest BCUT2D eigenvalue weighted by Crippen LogP contribution is 2.15. The van der Waals surface area contributed by atoms with Gasteiger partial charge in [0.2, 0.25) is 0 Å². The Kier molecular flexibility index (Phi) is 3.09. The van der Waals surface area contributed by atoms with Crippen molar-refractivity contribution in [2.24, 2.45) is 0 Å². The topological polar surface area (TPSA) is 26.3 Å². The van der Waals surface area contributed by atoms with Crippen molar-refractivity contribution in [1.29, 1.82) is 0 Å². The average molecular weight is 166 g/mol. The van der Waals surface area contributed by atoms with Gasteiger partial charge in [-0.05, 0) is 25.3 Å². The van der Waals surface area contributed by atoms with Crippen LogP contribution in [-0.2, 0) is 9.53 Å². The summed E-state index contributed by atoms with van der Waals surface area (Å²) in [6.07, 6.45) is 8.30. The van der Waals surface area contributed by atoms with Crippen LogP contribution in [0.15, 0.2) is 23.8 Å². The lowest BCUT2D eigenvalue weighted by Gasteiger charge is -2.14. The molecule has 0 aliphatic heterocycles. The first-order valence-electron chi connectivity index (χ1n) is 4.24. The van der Waals surface area contributed by atoms with Crippen LogP contribution in [0.4, 0.5) is 0 Å². The zero-order valence-electron chi connectivity index (χ0n) is 7.54. The number of ether oxygens (including phenoxy) is 1. The summed E-state index contributed by atoms with van der Waals surface area (Å²) in [5, 5.41) is 0. The van der Waals surface area contributed by atoms with E-state index in [1.54, 1.807) is 0 Å². The molecular formula is C10H14O2. The lowest BCUT2D eigenvalue weighted by atomic mass is 10.0. The summed E-state index contributed by atoms with van der Waals surface area (Å²) in [5.74, 6) is -0.220. The van der Waals surface area contributed by atoms with Gasteiger partial charge in [0.15, 0.2) is 0 Å². The van der Waals surface area contributed by atoms with Crippen LogP contribution in [0.1, 0.15) is 26.7 Å². The van der Waals surface area contributed by atoms with E-state index in [-0.39, 0.29) is 12.1 Å². The average Bonchev–Trinajstić information content (AvgIpc) is 2.05.